The van der Waals surface area contributed by atoms with Crippen LogP contribution in [0, 0.1) is 0 Å². The Kier molecular flexibility index (Phi) is 5.35. The standard InChI is InChI=1S/C6H10N2O3.CH4O3S/c7-5(10)3-8-2-4(9)1-6(8)11;1-5(2,3)4/h4,9H,1-3H2,(H2,7,10);1H3,(H,2,3,4). The number of nitrogens with two attached hydrogens (primary N) is 1. The molecular weight excluding hydrogens is 240 g/mol. The third-order valence-corrected chi connectivity index (χ3v) is 1.54. The quantitative estimate of drug-likeness (QED) is 0.468. The van der Waals surface area contributed by atoms with Crippen LogP contribution < -0.4 is 5.73 Å². The normalized spacial score (nSPS) is 20.3. The second-order valence-electron chi connectivity index (χ2n) is 3.33. The summed E-state index contributed by atoms with van der Waals surface area (Å²) in [4.78, 5) is 22.5. The highest BCUT2D eigenvalue weighted by molar-refractivity contribution is 7.85. The highest BCUT2D eigenvalue weighted by atomic mass is 32.2. The van der Waals surface area contributed by atoms with Crippen molar-refractivity contribution >= 4 is 21.9 Å². The summed E-state index contributed by atoms with van der Waals surface area (Å²) >= 11 is 0. The molecule has 1 fully saturated rings. The fraction of sp³-hybridized carbons (Fsp3) is 0.714. The number of aliphatic hydroxyl groups excluding tert-OH is 1. The van der Waals surface area contributed by atoms with Gasteiger partial charge in [0.25, 0.3) is 10.1 Å². The first kappa shape index (κ1) is 14.8. The third-order valence-electron chi connectivity index (χ3n) is 1.54. The molecule has 0 saturated carbocycles. The molecule has 0 aromatic carbocycles. The van der Waals surface area contributed by atoms with Gasteiger partial charge in [0.05, 0.1) is 25.3 Å². The average molecular weight is 254 g/mol. The van der Waals surface area contributed by atoms with Crippen molar-refractivity contribution in [2.24, 2.45) is 5.73 Å². The molecule has 0 radical (unpaired) electrons. The van der Waals surface area contributed by atoms with E-state index in [4.69, 9.17) is 15.4 Å². The minimum Gasteiger partial charge on any atom is -0.391 e. The summed E-state index contributed by atoms with van der Waals surface area (Å²) in [5, 5.41) is 8.97. The number of carbonyl (C=O) groups excluding carboxylic acids is 2. The number of aliphatic hydroxyl groups is 1. The van der Waals surface area contributed by atoms with Gasteiger partial charge >= 0.3 is 0 Å². The zero-order valence-corrected chi connectivity index (χ0v) is 9.48. The molecule has 2 amide bonds. The van der Waals surface area contributed by atoms with Crippen LogP contribution in [-0.4, -0.2) is 60.2 Å². The molecule has 1 atom stereocenters. The Morgan fingerprint density at radius 3 is 2.31 bits per heavy atom. The van der Waals surface area contributed by atoms with Gasteiger partial charge in [0, 0.05) is 6.54 Å². The van der Waals surface area contributed by atoms with Crippen molar-refractivity contribution < 1.29 is 27.7 Å². The minimum atomic E-state index is -3.67. The van der Waals surface area contributed by atoms with E-state index in [1.807, 2.05) is 0 Å². The van der Waals surface area contributed by atoms with Crippen LogP contribution in [-0.2, 0) is 19.7 Å². The number of hydrogen-bond acceptors (Lipinski definition) is 5. The van der Waals surface area contributed by atoms with Crippen molar-refractivity contribution in [2.75, 3.05) is 19.3 Å². The number of β-amino-alcohol motifs (C(OH)–C–C–N with tert-alkyl or cyclic N) is 1. The monoisotopic (exact) mass is 254 g/mol. The maximum absolute atomic E-state index is 10.9. The average Bonchev–Trinajstić information content (AvgIpc) is 2.24. The lowest BCUT2D eigenvalue weighted by Gasteiger charge is -2.11. The topological polar surface area (TPSA) is 138 Å². The van der Waals surface area contributed by atoms with E-state index in [0.29, 0.717) is 6.26 Å². The Morgan fingerprint density at radius 2 is 2.06 bits per heavy atom. The molecule has 0 aliphatic carbocycles. The molecule has 0 aromatic rings. The Morgan fingerprint density at radius 1 is 1.62 bits per heavy atom. The van der Waals surface area contributed by atoms with Crippen molar-refractivity contribution in [3.8, 4) is 0 Å². The zero-order valence-electron chi connectivity index (χ0n) is 8.66. The predicted octanol–water partition coefficient (Wildman–Crippen LogP) is -2.43. The summed E-state index contributed by atoms with van der Waals surface area (Å²) in [6.07, 6.45) is 0.183. The maximum Gasteiger partial charge on any atom is 0.261 e. The molecule has 1 aliphatic rings. The summed E-state index contributed by atoms with van der Waals surface area (Å²) in [6, 6.07) is 0. The number of hydrogen-bond donors (Lipinski definition) is 3. The summed E-state index contributed by atoms with van der Waals surface area (Å²) in [6.45, 7) is 0.137. The van der Waals surface area contributed by atoms with E-state index in [2.05, 4.69) is 0 Å². The van der Waals surface area contributed by atoms with Crippen molar-refractivity contribution in [3.05, 3.63) is 0 Å². The lowest BCUT2D eigenvalue weighted by molar-refractivity contribution is -0.132. The molecule has 0 bridgehead atoms. The largest absolute Gasteiger partial charge is 0.391 e. The smallest absolute Gasteiger partial charge is 0.261 e. The Labute approximate surface area is 92.8 Å². The lowest BCUT2D eigenvalue weighted by Crippen LogP contribution is -2.35. The van der Waals surface area contributed by atoms with Crippen molar-refractivity contribution in [3.63, 3.8) is 0 Å². The second-order valence-corrected chi connectivity index (χ2v) is 4.80. The van der Waals surface area contributed by atoms with Crippen LogP contribution in [0.15, 0.2) is 0 Å². The van der Waals surface area contributed by atoms with Crippen molar-refractivity contribution in [1.82, 2.24) is 4.90 Å². The molecule has 4 N–H and O–H groups in total. The van der Waals surface area contributed by atoms with Crippen molar-refractivity contribution in [1.29, 1.82) is 0 Å². The van der Waals surface area contributed by atoms with Crippen LogP contribution in [0.3, 0.4) is 0 Å². The van der Waals surface area contributed by atoms with E-state index >= 15 is 0 Å². The van der Waals surface area contributed by atoms with Crippen LogP contribution in [0.25, 0.3) is 0 Å². The van der Waals surface area contributed by atoms with Crippen LogP contribution in [0.5, 0.6) is 0 Å². The molecule has 0 spiro atoms. The van der Waals surface area contributed by atoms with E-state index in [9.17, 15) is 18.0 Å². The summed E-state index contributed by atoms with van der Waals surface area (Å²) in [5.41, 5.74) is 4.87. The molecule has 1 saturated heterocycles. The lowest BCUT2D eigenvalue weighted by atomic mass is 10.3. The first-order valence-corrected chi connectivity index (χ1v) is 6.11. The maximum atomic E-state index is 10.9. The van der Waals surface area contributed by atoms with Gasteiger partial charge in [-0.3, -0.25) is 14.1 Å². The highest BCUT2D eigenvalue weighted by Gasteiger charge is 2.28. The first-order chi connectivity index (χ1) is 7.09. The first-order valence-electron chi connectivity index (χ1n) is 4.26. The van der Waals surface area contributed by atoms with Crippen LogP contribution in [0.2, 0.25) is 0 Å². The van der Waals surface area contributed by atoms with Gasteiger partial charge in [0.2, 0.25) is 11.8 Å². The molecule has 16 heavy (non-hydrogen) atoms. The van der Waals surface area contributed by atoms with E-state index in [-0.39, 0.29) is 25.4 Å². The summed E-state index contributed by atoms with van der Waals surface area (Å²) in [7, 11) is -3.67. The van der Waals surface area contributed by atoms with E-state index in [1.165, 1.54) is 4.90 Å². The summed E-state index contributed by atoms with van der Waals surface area (Å²) in [5.74, 6) is -0.760. The number of amides is 2. The highest BCUT2D eigenvalue weighted by Crippen LogP contribution is 2.09. The minimum absolute atomic E-state index is 0.0874. The summed E-state index contributed by atoms with van der Waals surface area (Å²) < 4.78 is 25.9. The second kappa shape index (κ2) is 5.77. The SMILES string of the molecule is CS(=O)(=O)O.NC(=O)CN1CC(O)CC1=O. The van der Waals surface area contributed by atoms with E-state index in [1.54, 1.807) is 0 Å². The zero-order chi connectivity index (χ0) is 12.9. The molecular formula is C7H14N2O6S. The Hall–Kier alpha value is -1.19. The van der Waals surface area contributed by atoms with Gasteiger partial charge < -0.3 is 15.7 Å². The van der Waals surface area contributed by atoms with Gasteiger partial charge in [-0.15, -0.1) is 0 Å². The predicted molar refractivity (Wildman–Crippen MR) is 53.9 cm³/mol. The van der Waals surface area contributed by atoms with Gasteiger partial charge in [0.1, 0.15) is 0 Å². The molecule has 1 aliphatic heterocycles. The fourth-order valence-corrected chi connectivity index (χ4v) is 1.09. The van der Waals surface area contributed by atoms with Gasteiger partial charge in [-0.25, -0.2) is 0 Å². The van der Waals surface area contributed by atoms with Crippen molar-refractivity contribution in [2.45, 2.75) is 12.5 Å². The number of nitrogens with zero attached hydrogens (tertiary/aromatic N) is 1. The molecule has 0 aromatic heterocycles. The van der Waals surface area contributed by atoms with Gasteiger partial charge in [0.15, 0.2) is 0 Å². The molecule has 8 nitrogen and oxygen atoms in total. The number of carbonyl (C=O) groups is 2. The Balaban J connectivity index is 0.000000385. The van der Waals surface area contributed by atoms with Crippen LogP contribution >= 0.6 is 0 Å². The molecule has 1 heterocycles. The van der Waals surface area contributed by atoms with Gasteiger partial charge in [-0.1, -0.05) is 0 Å². The number of rotatable bonds is 2. The van der Waals surface area contributed by atoms with Crippen LogP contribution in [0.1, 0.15) is 6.42 Å². The number of likely N-dealkylation sites (tertiary alicyclic amines) is 1. The fourth-order valence-electron chi connectivity index (χ4n) is 1.09. The molecule has 9 heteroatoms. The Bertz CT molecular complexity index is 357. The van der Waals surface area contributed by atoms with Crippen LogP contribution in [0.4, 0.5) is 0 Å². The van der Waals surface area contributed by atoms with E-state index in [0.717, 1.165) is 0 Å². The van der Waals surface area contributed by atoms with E-state index < -0.39 is 22.1 Å². The van der Waals surface area contributed by atoms with Gasteiger partial charge in [-0.2, -0.15) is 8.42 Å². The molecule has 1 unspecified atom stereocenters. The molecule has 1 rings (SSSR count). The molecule has 94 valence electrons. The van der Waals surface area contributed by atoms with Gasteiger partial charge in [-0.05, 0) is 0 Å². The third kappa shape index (κ3) is 8.15. The number of primary amides is 1.